The van der Waals surface area contributed by atoms with Crippen molar-refractivity contribution in [1.82, 2.24) is 19.9 Å². The van der Waals surface area contributed by atoms with E-state index in [-0.39, 0.29) is 29.1 Å². The van der Waals surface area contributed by atoms with Crippen molar-refractivity contribution in [2.24, 2.45) is 0 Å². The number of benzene rings is 1. The van der Waals surface area contributed by atoms with Crippen molar-refractivity contribution in [3.63, 3.8) is 0 Å². The van der Waals surface area contributed by atoms with Gasteiger partial charge in [-0.15, -0.1) is 5.10 Å². The number of methoxy groups -OCH3 is 1. The van der Waals surface area contributed by atoms with Crippen LogP contribution in [0.15, 0.2) is 24.3 Å². The Balaban J connectivity index is 1.89. The molecule has 25 heavy (non-hydrogen) atoms. The molecule has 0 N–H and O–H groups in total. The first-order valence-corrected chi connectivity index (χ1v) is 9.69. The number of hydrogen-bond donors (Lipinski definition) is 0. The van der Waals surface area contributed by atoms with Crippen LogP contribution in [0.2, 0.25) is 0 Å². The van der Waals surface area contributed by atoms with E-state index in [2.05, 4.69) is 10.3 Å². The predicted octanol–water partition coefficient (Wildman–Crippen LogP) is 0.843. The molecule has 9 heteroatoms. The van der Waals surface area contributed by atoms with Crippen LogP contribution in [0, 0.1) is 6.92 Å². The van der Waals surface area contributed by atoms with Crippen LogP contribution in [0.3, 0.4) is 0 Å². The number of rotatable bonds is 4. The van der Waals surface area contributed by atoms with E-state index in [0.717, 1.165) is 0 Å². The minimum absolute atomic E-state index is 0.00503. The molecule has 2 heterocycles. The Morgan fingerprint density at radius 1 is 1.36 bits per heavy atom. The van der Waals surface area contributed by atoms with Crippen LogP contribution in [-0.2, 0) is 9.84 Å². The Morgan fingerprint density at radius 2 is 2.08 bits per heavy atom. The van der Waals surface area contributed by atoms with Crippen LogP contribution in [0.25, 0.3) is 5.69 Å². The molecule has 1 fully saturated rings. The quantitative estimate of drug-likeness (QED) is 0.798. The first kappa shape index (κ1) is 17.4. The van der Waals surface area contributed by atoms with E-state index in [0.29, 0.717) is 23.6 Å². The second-order valence-corrected chi connectivity index (χ2v) is 8.31. The highest BCUT2D eigenvalue weighted by Gasteiger charge is 2.34. The molecule has 1 aromatic carbocycles. The zero-order valence-corrected chi connectivity index (χ0v) is 15.2. The molecule has 3 rings (SSSR count). The number of hydrogen-bond acceptors (Lipinski definition) is 6. The van der Waals surface area contributed by atoms with Gasteiger partial charge >= 0.3 is 0 Å². The third-order valence-corrected chi connectivity index (χ3v) is 6.24. The number of nitrogens with zero attached hydrogens (tertiary/aromatic N) is 4. The molecule has 0 saturated carbocycles. The lowest BCUT2D eigenvalue weighted by Crippen LogP contribution is -2.38. The number of para-hydroxylation sites is 2. The number of amides is 1. The molecule has 1 aliphatic heterocycles. The first-order chi connectivity index (χ1) is 11.8. The summed E-state index contributed by atoms with van der Waals surface area (Å²) < 4.78 is 30.2. The third-order valence-electron chi connectivity index (χ3n) is 4.49. The van der Waals surface area contributed by atoms with Crippen molar-refractivity contribution in [2.75, 3.05) is 25.7 Å². The summed E-state index contributed by atoms with van der Waals surface area (Å²) in [4.78, 5) is 14.2. The molecule has 0 unspecified atom stereocenters. The van der Waals surface area contributed by atoms with E-state index >= 15 is 0 Å². The van der Waals surface area contributed by atoms with Gasteiger partial charge in [-0.2, -0.15) is 0 Å². The van der Waals surface area contributed by atoms with Gasteiger partial charge in [0.1, 0.15) is 11.4 Å². The van der Waals surface area contributed by atoms with Crippen LogP contribution in [0.4, 0.5) is 0 Å². The van der Waals surface area contributed by atoms with Crippen molar-refractivity contribution in [3.05, 3.63) is 35.7 Å². The van der Waals surface area contributed by atoms with Gasteiger partial charge in [-0.25, -0.2) is 13.1 Å². The average molecular weight is 364 g/mol. The van der Waals surface area contributed by atoms with E-state index in [1.807, 2.05) is 18.2 Å². The van der Waals surface area contributed by atoms with Crippen molar-refractivity contribution < 1.29 is 17.9 Å². The molecule has 8 nitrogen and oxygen atoms in total. The summed E-state index contributed by atoms with van der Waals surface area (Å²) in [7, 11) is 0.103. The molecule has 1 amide bonds. The smallest absolute Gasteiger partial charge is 0.276 e. The van der Waals surface area contributed by atoms with Gasteiger partial charge in [0.2, 0.25) is 0 Å². The topological polar surface area (TPSA) is 94.4 Å². The average Bonchev–Trinajstić information content (AvgIpc) is 3.15. The highest BCUT2D eigenvalue weighted by Crippen LogP contribution is 2.24. The first-order valence-electron chi connectivity index (χ1n) is 7.87. The van der Waals surface area contributed by atoms with E-state index in [9.17, 15) is 13.2 Å². The third kappa shape index (κ3) is 3.23. The Hall–Kier alpha value is -2.42. The van der Waals surface area contributed by atoms with E-state index in [1.165, 1.54) is 4.90 Å². The lowest BCUT2D eigenvalue weighted by Gasteiger charge is -2.22. The fraction of sp³-hybridized carbons (Fsp3) is 0.438. The van der Waals surface area contributed by atoms with E-state index in [4.69, 9.17) is 4.74 Å². The summed E-state index contributed by atoms with van der Waals surface area (Å²) in [5.74, 6) is 0.391. The standard InChI is InChI=1S/C16H20N4O4S/c1-11-15(16(21)19(2)12-8-9-25(22,23)10-12)17-18-20(11)13-6-4-5-7-14(13)24-3/h4-7,12H,8-10H2,1-3H3/t12-/m0/s1. The number of aromatic nitrogens is 3. The zero-order chi connectivity index (χ0) is 18.2. The van der Waals surface area contributed by atoms with Gasteiger partial charge in [0, 0.05) is 13.1 Å². The molecular formula is C16H20N4O4S. The fourth-order valence-electron chi connectivity index (χ4n) is 2.97. The van der Waals surface area contributed by atoms with Crippen LogP contribution >= 0.6 is 0 Å². The molecule has 0 spiro atoms. The lowest BCUT2D eigenvalue weighted by molar-refractivity contribution is 0.0741. The second-order valence-electron chi connectivity index (χ2n) is 6.08. The maximum Gasteiger partial charge on any atom is 0.276 e. The lowest BCUT2D eigenvalue weighted by atomic mass is 10.2. The number of carbonyl (C=O) groups is 1. The van der Waals surface area contributed by atoms with Crippen molar-refractivity contribution in [3.8, 4) is 11.4 Å². The van der Waals surface area contributed by atoms with Crippen molar-refractivity contribution in [1.29, 1.82) is 0 Å². The number of sulfone groups is 1. The van der Waals surface area contributed by atoms with Crippen LogP contribution < -0.4 is 4.74 Å². The number of carbonyl (C=O) groups excluding carboxylic acids is 1. The van der Waals surface area contributed by atoms with Crippen LogP contribution in [0.5, 0.6) is 5.75 Å². The molecule has 0 aliphatic carbocycles. The predicted molar refractivity (Wildman–Crippen MR) is 91.8 cm³/mol. The molecule has 2 aromatic rings. The maximum atomic E-state index is 12.7. The number of ether oxygens (including phenoxy) is 1. The minimum atomic E-state index is -3.06. The monoisotopic (exact) mass is 364 g/mol. The SMILES string of the molecule is COc1ccccc1-n1nnc(C(=O)N(C)[C@H]2CCS(=O)(=O)C2)c1C. The Bertz CT molecular complexity index is 907. The summed E-state index contributed by atoms with van der Waals surface area (Å²) in [6.45, 7) is 1.75. The van der Waals surface area contributed by atoms with Gasteiger partial charge in [-0.05, 0) is 25.5 Å². The largest absolute Gasteiger partial charge is 0.494 e. The highest BCUT2D eigenvalue weighted by molar-refractivity contribution is 7.91. The molecule has 134 valence electrons. The summed E-state index contributed by atoms with van der Waals surface area (Å²) in [6, 6.07) is 6.98. The van der Waals surface area contributed by atoms with E-state index < -0.39 is 9.84 Å². The van der Waals surface area contributed by atoms with Gasteiger partial charge in [0.15, 0.2) is 15.5 Å². The van der Waals surface area contributed by atoms with Crippen molar-refractivity contribution >= 4 is 15.7 Å². The summed E-state index contributed by atoms with van der Waals surface area (Å²) in [6.07, 6.45) is 0.449. The van der Waals surface area contributed by atoms with E-state index in [1.54, 1.807) is 31.8 Å². The molecule has 1 atom stereocenters. The Kier molecular flexibility index (Phi) is 4.51. The van der Waals surface area contributed by atoms with Gasteiger partial charge in [0.05, 0.1) is 24.3 Å². The zero-order valence-electron chi connectivity index (χ0n) is 14.3. The van der Waals surface area contributed by atoms with Crippen LogP contribution in [-0.4, -0.2) is 65.9 Å². The van der Waals surface area contributed by atoms with Gasteiger partial charge < -0.3 is 9.64 Å². The van der Waals surface area contributed by atoms with Crippen molar-refractivity contribution in [2.45, 2.75) is 19.4 Å². The van der Waals surface area contributed by atoms with Gasteiger partial charge in [-0.1, -0.05) is 17.3 Å². The van der Waals surface area contributed by atoms with Gasteiger partial charge in [-0.3, -0.25) is 4.79 Å². The summed E-state index contributed by atoms with van der Waals surface area (Å²) in [5.41, 5.74) is 1.46. The second kappa shape index (κ2) is 6.47. The maximum absolute atomic E-state index is 12.7. The molecule has 1 aromatic heterocycles. The van der Waals surface area contributed by atoms with Crippen LogP contribution in [0.1, 0.15) is 22.6 Å². The van der Waals surface area contributed by atoms with Gasteiger partial charge in [0.25, 0.3) is 5.91 Å². The normalized spacial score (nSPS) is 18.9. The molecular weight excluding hydrogens is 344 g/mol. The highest BCUT2D eigenvalue weighted by atomic mass is 32.2. The minimum Gasteiger partial charge on any atom is -0.494 e. The Labute approximate surface area is 146 Å². The summed E-state index contributed by atoms with van der Waals surface area (Å²) in [5, 5.41) is 8.09. The molecule has 0 bridgehead atoms. The molecule has 1 aliphatic rings. The summed E-state index contributed by atoms with van der Waals surface area (Å²) >= 11 is 0. The molecule has 0 radical (unpaired) electrons. The molecule has 1 saturated heterocycles. The Morgan fingerprint density at radius 3 is 2.72 bits per heavy atom. The fourth-order valence-corrected chi connectivity index (χ4v) is 4.75.